The molecular formula is C28H26N2O5. The number of carboxylic acids is 1. The molecule has 2 fully saturated rings. The van der Waals surface area contributed by atoms with E-state index in [1.807, 2.05) is 30.3 Å². The third kappa shape index (κ3) is 3.42. The van der Waals surface area contributed by atoms with Crippen LogP contribution in [0.15, 0.2) is 72.8 Å². The molecule has 2 amide bonds. The van der Waals surface area contributed by atoms with E-state index in [-0.39, 0.29) is 12.3 Å². The molecule has 0 spiro atoms. The van der Waals surface area contributed by atoms with Crippen molar-refractivity contribution in [3.63, 3.8) is 0 Å². The minimum absolute atomic E-state index is 0.0797. The molecule has 7 heteroatoms. The first-order valence-electron chi connectivity index (χ1n) is 11.5. The average Bonchev–Trinajstić information content (AvgIpc) is 3.34. The second-order valence-corrected chi connectivity index (χ2v) is 9.36. The average molecular weight is 471 g/mol. The SMILES string of the molecule is Cc1cc(C2NC(C(=O)O)(c3ccccc3)C3C(=O)N(Cc4ccccc4)C(=O)C23)cc(C)c1O. The van der Waals surface area contributed by atoms with Gasteiger partial charge in [0.1, 0.15) is 5.75 Å². The van der Waals surface area contributed by atoms with E-state index in [1.165, 1.54) is 4.90 Å². The fraction of sp³-hybridized carbons (Fsp3) is 0.250. The minimum atomic E-state index is -1.78. The lowest BCUT2D eigenvalue weighted by Crippen LogP contribution is -2.53. The zero-order chi connectivity index (χ0) is 24.9. The number of carbonyl (C=O) groups is 3. The lowest BCUT2D eigenvalue weighted by Gasteiger charge is -2.31. The van der Waals surface area contributed by atoms with Crippen LogP contribution in [0.2, 0.25) is 0 Å². The number of phenolic OH excluding ortho intramolecular Hbond substituents is 1. The number of fused-ring (bicyclic) bond motifs is 1. The number of nitrogens with zero attached hydrogens (tertiary/aromatic N) is 1. The molecule has 5 rings (SSSR count). The second kappa shape index (κ2) is 8.36. The highest BCUT2D eigenvalue weighted by Gasteiger charge is 2.69. The molecule has 2 aliphatic rings. The molecule has 178 valence electrons. The Hall–Kier alpha value is -3.97. The third-order valence-corrected chi connectivity index (χ3v) is 7.27. The molecule has 3 aromatic carbocycles. The maximum absolute atomic E-state index is 13.8. The first-order chi connectivity index (χ1) is 16.8. The Morgan fingerprint density at radius 1 is 0.943 bits per heavy atom. The van der Waals surface area contributed by atoms with Crippen molar-refractivity contribution in [1.82, 2.24) is 10.2 Å². The Kier molecular flexibility index (Phi) is 5.44. The molecule has 35 heavy (non-hydrogen) atoms. The zero-order valence-corrected chi connectivity index (χ0v) is 19.4. The van der Waals surface area contributed by atoms with Gasteiger partial charge >= 0.3 is 5.97 Å². The van der Waals surface area contributed by atoms with Crippen LogP contribution < -0.4 is 5.32 Å². The maximum Gasteiger partial charge on any atom is 0.329 e. The molecule has 4 unspecified atom stereocenters. The maximum atomic E-state index is 13.8. The van der Waals surface area contributed by atoms with Gasteiger partial charge < -0.3 is 10.2 Å². The van der Waals surface area contributed by atoms with Crippen LogP contribution in [0.5, 0.6) is 5.75 Å². The third-order valence-electron chi connectivity index (χ3n) is 7.27. The topological polar surface area (TPSA) is 107 Å². The Labute approximate surface area is 203 Å². The van der Waals surface area contributed by atoms with Gasteiger partial charge in [0.25, 0.3) is 0 Å². The van der Waals surface area contributed by atoms with Gasteiger partial charge in [-0.3, -0.25) is 19.8 Å². The van der Waals surface area contributed by atoms with Crippen LogP contribution in [0, 0.1) is 25.7 Å². The number of likely N-dealkylation sites (tertiary alicyclic amines) is 1. The lowest BCUT2D eigenvalue weighted by atomic mass is 9.75. The van der Waals surface area contributed by atoms with Gasteiger partial charge in [-0.25, -0.2) is 4.79 Å². The standard InChI is InChI=1S/C28H26N2O5/c1-16-13-19(14-17(2)24(16)31)23-21-22(28(29-23,27(34)35)20-11-7-4-8-12-20)26(33)30(25(21)32)15-18-9-5-3-6-10-18/h3-14,21-23,29,31H,15H2,1-2H3,(H,34,35). The summed E-state index contributed by atoms with van der Waals surface area (Å²) in [5.74, 6) is -4.00. The van der Waals surface area contributed by atoms with E-state index < -0.39 is 41.2 Å². The Bertz CT molecular complexity index is 1300. The highest BCUT2D eigenvalue weighted by Crippen LogP contribution is 2.53. The van der Waals surface area contributed by atoms with E-state index in [9.17, 15) is 24.6 Å². The quantitative estimate of drug-likeness (QED) is 0.493. The van der Waals surface area contributed by atoms with E-state index >= 15 is 0 Å². The van der Waals surface area contributed by atoms with Gasteiger partial charge in [-0.15, -0.1) is 0 Å². The monoisotopic (exact) mass is 470 g/mol. The number of carboxylic acid groups (broad SMARTS) is 1. The molecule has 3 aromatic rings. The summed E-state index contributed by atoms with van der Waals surface area (Å²) in [6.45, 7) is 3.59. The van der Waals surface area contributed by atoms with Crippen LogP contribution in [0.3, 0.4) is 0 Å². The number of hydrogen-bond donors (Lipinski definition) is 3. The number of imide groups is 1. The number of aliphatic carboxylic acids is 1. The lowest BCUT2D eigenvalue weighted by molar-refractivity contribution is -0.152. The molecule has 0 radical (unpaired) electrons. The minimum Gasteiger partial charge on any atom is -0.507 e. The molecule has 4 atom stereocenters. The van der Waals surface area contributed by atoms with E-state index in [0.29, 0.717) is 22.3 Å². The summed E-state index contributed by atoms with van der Waals surface area (Å²) in [6.07, 6.45) is 0. The van der Waals surface area contributed by atoms with Gasteiger partial charge in [-0.1, -0.05) is 72.8 Å². The predicted molar refractivity (Wildman–Crippen MR) is 128 cm³/mol. The Morgan fingerprint density at radius 2 is 1.51 bits per heavy atom. The molecular weight excluding hydrogens is 444 g/mol. The summed E-state index contributed by atoms with van der Waals surface area (Å²) < 4.78 is 0. The number of nitrogens with one attached hydrogen (secondary N) is 1. The van der Waals surface area contributed by atoms with Gasteiger partial charge in [0.2, 0.25) is 11.8 Å². The van der Waals surface area contributed by atoms with Gasteiger partial charge in [0.05, 0.1) is 18.4 Å². The van der Waals surface area contributed by atoms with Crippen molar-refractivity contribution in [3.8, 4) is 5.75 Å². The Morgan fingerprint density at radius 3 is 2.09 bits per heavy atom. The van der Waals surface area contributed by atoms with Crippen molar-refractivity contribution < 1.29 is 24.6 Å². The molecule has 2 heterocycles. The fourth-order valence-electron chi connectivity index (χ4n) is 5.63. The number of amides is 2. The number of phenols is 1. The Balaban J connectivity index is 1.68. The highest BCUT2D eigenvalue weighted by atomic mass is 16.4. The second-order valence-electron chi connectivity index (χ2n) is 9.36. The molecule has 2 saturated heterocycles. The van der Waals surface area contributed by atoms with Crippen molar-refractivity contribution in [2.75, 3.05) is 0 Å². The first kappa shape index (κ1) is 22.8. The number of carbonyl (C=O) groups excluding carboxylic acids is 2. The van der Waals surface area contributed by atoms with Gasteiger partial charge in [0.15, 0.2) is 5.54 Å². The van der Waals surface area contributed by atoms with Gasteiger partial charge in [-0.2, -0.15) is 0 Å². The highest BCUT2D eigenvalue weighted by molar-refractivity contribution is 6.09. The predicted octanol–water partition coefficient (Wildman–Crippen LogP) is 3.43. The zero-order valence-electron chi connectivity index (χ0n) is 19.4. The van der Waals surface area contributed by atoms with E-state index in [0.717, 1.165) is 5.56 Å². The summed E-state index contributed by atoms with van der Waals surface area (Å²) in [6, 6.07) is 20.5. The van der Waals surface area contributed by atoms with Crippen LogP contribution in [0.1, 0.15) is 33.9 Å². The van der Waals surface area contributed by atoms with E-state index in [1.54, 1.807) is 56.3 Å². The van der Waals surface area contributed by atoms with Crippen molar-refractivity contribution in [3.05, 3.63) is 101 Å². The molecule has 0 aromatic heterocycles. The van der Waals surface area contributed by atoms with Gasteiger partial charge in [0, 0.05) is 6.04 Å². The number of benzene rings is 3. The number of hydrogen-bond acceptors (Lipinski definition) is 5. The number of rotatable bonds is 5. The summed E-state index contributed by atoms with van der Waals surface area (Å²) in [5, 5.41) is 24.1. The smallest absolute Gasteiger partial charge is 0.329 e. The largest absolute Gasteiger partial charge is 0.507 e. The molecule has 2 aliphatic heterocycles. The summed E-state index contributed by atoms with van der Waals surface area (Å²) >= 11 is 0. The van der Waals surface area contributed by atoms with E-state index in [4.69, 9.17) is 0 Å². The molecule has 3 N–H and O–H groups in total. The first-order valence-corrected chi connectivity index (χ1v) is 11.5. The summed E-state index contributed by atoms with van der Waals surface area (Å²) in [7, 11) is 0. The van der Waals surface area contributed by atoms with Crippen LogP contribution >= 0.6 is 0 Å². The molecule has 0 aliphatic carbocycles. The number of aromatic hydroxyl groups is 1. The molecule has 7 nitrogen and oxygen atoms in total. The molecule has 0 saturated carbocycles. The van der Waals surface area contributed by atoms with Crippen molar-refractivity contribution in [2.24, 2.45) is 11.8 Å². The normalized spacial score (nSPS) is 25.7. The fourth-order valence-corrected chi connectivity index (χ4v) is 5.63. The summed E-state index contributed by atoms with van der Waals surface area (Å²) in [5.41, 5.74) is 1.31. The molecule has 0 bridgehead atoms. The number of aryl methyl sites for hydroxylation is 2. The van der Waals surface area contributed by atoms with Crippen molar-refractivity contribution in [1.29, 1.82) is 0 Å². The van der Waals surface area contributed by atoms with Crippen LogP contribution in [-0.4, -0.2) is 32.9 Å². The van der Waals surface area contributed by atoms with Crippen LogP contribution in [-0.2, 0) is 26.5 Å². The summed E-state index contributed by atoms with van der Waals surface area (Å²) in [4.78, 5) is 41.8. The van der Waals surface area contributed by atoms with Crippen molar-refractivity contribution in [2.45, 2.75) is 32.0 Å². The van der Waals surface area contributed by atoms with Crippen molar-refractivity contribution >= 4 is 17.8 Å². The van der Waals surface area contributed by atoms with Crippen LogP contribution in [0.25, 0.3) is 0 Å². The van der Waals surface area contributed by atoms with E-state index in [2.05, 4.69) is 5.32 Å². The van der Waals surface area contributed by atoms with Gasteiger partial charge in [-0.05, 0) is 41.7 Å². The van der Waals surface area contributed by atoms with Crippen LogP contribution in [0.4, 0.5) is 0 Å².